The van der Waals surface area contributed by atoms with Crippen molar-refractivity contribution in [2.24, 2.45) is 17.6 Å². The van der Waals surface area contributed by atoms with Crippen molar-refractivity contribution in [2.45, 2.75) is 44.7 Å². The third-order valence-electron chi connectivity index (χ3n) is 5.22. The number of nitrogens with zero attached hydrogens (tertiary/aromatic N) is 1. The van der Waals surface area contributed by atoms with E-state index in [0.717, 1.165) is 44.3 Å². The Morgan fingerprint density at radius 3 is 2.33 bits per heavy atom. The molecule has 2 amide bonds. The van der Waals surface area contributed by atoms with Crippen molar-refractivity contribution >= 4 is 11.8 Å². The number of piperidine rings is 1. The summed E-state index contributed by atoms with van der Waals surface area (Å²) in [4.78, 5) is 26.5. The smallest absolute Gasteiger partial charge is 0.225 e. The van der Waals surface area contributed by atoms with E-state index in [4.69, 9.17) is 5.73 Å². The number of hydrogen-bond donors (Lipinski definition) is 2. The molecule has 24 heavy (non-hydrogen) atoms. The number of carbonyl (C=O) groups is 2. The largest absolute Gasteiger partial charge is 0.353 e. The molecule has 2 aliphatic rings. The van der Waals surface area contributed by atoms with Gasteiger partial charge in [0.2, 0.25) is 11.8 Å². The van der Waals surface area contributed by atoms with E-state index in [2.05, 4.69) is 5.32 Å². The average molecular weight is 329 g/mol. The number of nitrogens with one attached hydrogen (secondary N) is 1. The Kier molecular flexibility index (Phi) is 5.19. The molecule has 3 rings (SSSR count). The molecule has 1 heterocycles. The monoisotopic (exact) mass is 329 g/mol. The lowest BCUT2D eigenvalue weighted by Gasteiger charge is -2.33. The first-order valence-corrected chi connectivity index (χ1v) is 8.96. The van der Waals surface area contributed by atoms with Gasteiger partial charge in [0, 0.05) is 31.1 Å². The molecule has 0 bridgehead atoms. The zero-order valence-corrected chi connectivity index (χ0v) is 14.3. The van der Waals surface area contributed by atoms with Crippen LogP contribution in [0.2, 0.25) is 0 Å². The summed E-state index contributed by atoms with van der Waals surface area (Å²) in [5, 5.41) is 3.12. The fourth-order valence-corrected chi connectivity index (χ4v) is 3.29. The highest BCUT2D eigenvalue weighted by molar-refractivity contribution is 5.81. The Hall–Kier alpha value is -1.88. The lowest BCUT2D eigenvalue weighted by Crippen LogP contribution is -2.48. The molecule has 2 atom stereocenters. The van der Waals surface area contributed by atoms with E-state index in [0.29, 0.717) is 5.91 Å². The molecule has 0 radical (unpaired) electrons. The summed E-state index contributed by atoms with van der Waals surface area (Å²) in [6.45, 7) is 3.37. The summed E-state index contributed by atoms with van der Waals surface area (Å²) in [7, 11) is 0. The third-order valence-corrected chi connectivity index (χ3v) is 5.22. The molecule has 1 saturated heterocycles. The van der Waals surface area contributed by atoms with Gasteiger partial charge in [-0.25, -0.2) is 0 Å². The van der Waals surface area contributed by atoms with Crippen LogP contribution in [0.15, 0.2) is 30.3 Å². The van der Waals surface area contributed by atoms with Crippen LogP contribution in [0.3, 0.4) is 0 Å². The molecule has 3 N–H and O–H groups in total. The van der Waals surface area contributed by atoms with Crippen molar-refractivity contribution in [1.82, 2.24) is 10.2 Å². The highest BCUT2D eigenvalue weighted by Gasteiger charge is 2.35. The van der Waals surface area contributed by atoms with Crippen LogP contribution in [-0.2, 0) is 9.59 Å². The van der Waals surface area contributed by atoms with Crippen LogP contribution >= 0.6 is 0 Å². The van der Waals surface area contributed by atoms with Gasteiger partial charge in [-0.05, 0) is 31.2 Å². The van der Waals surface area contributed by atoms with Gasteiger partial charge in [-0.2, -0.15) is 0 Å². The molecular formula is C19H27N3O2. The van der Waals surface area contributed by atoms with E-state index < -0.39 is 0 Å². The summed E-state index contributed by atoms with van der Waals surface area (Å²) in [5.41, 5.74) is 7.21. The second kappa shape index (κ2) is 7.34. The van der Waals surface area contributed by atoms with E-state index in [9.17, 15) is 9.59 Å². The van der Waals surface area contributed by atoms with E-state index >= 15 is 0 Å². The lowest BCUT2D eigenvalue weighted by molar-refractivity contribution is -0.133. The summed E-state index contributed by atoms with van der Waals surface area (Å²) < 4.78 is 0. The number of hydrogen-bond acceptors (Lipinski definition) is 3. The maximum Gasteiger partial charge on any atom is 0.225 e. The lowest BCUT2D eigenvalue weighted by atomic mass is 9.94. The minimum Gasteiger partial charge on any atom is -0.353 e. The maximum absolute atomic E-state index is 12.5. The zero-order valence-electron chi connectivity index (χ0n) is 14.3. The first-order chi connectivity index (χ1) is 11.6. The average Bonchev–Trinajstić information content (AvgIpc) is 3.46. The van der Waals surface area contributed by atoms with Gasteiger partial charge in [0.1, 0.15) is 0 Å². The molecule has 0 spiro atoms. The van der Waals surface area contributed by atoms with E-state index in [1.807, 2.05) is 42.2 Å². The Labute approximate surface area is 143 Å². The molecule has 5 nitrogen and oxygen atoms in total. The predicted octanol–water partition coefficient (Wildman–Crippen LogP) is 1.84. The molecular weight excluding hydrogens is 302 g/mol. The molecule has 2 fully saturated rings. The van der Waals surface area contributed by atoms with Gasteiger partial charge in [-0.15, -0.1) is 0 Å². The topological polar surface area (TPSA) is 75.4 Å². The highest BCUT2D eigenvalue weighted by Crippen LogP contribution is 2.32. The van der Waals surface area contributed by atoms with Gasteiger partial charge >= 0.3 is 0 Å². The minimum atomic E-state index is -0.303. The van der Waals surface area contributed by atoms with Crippen molar-refractivity contribution < 1.29 is 9.59 Å². The zero-order chi connectivity index (χ0) is 17.1. The summed E-state index contributed by atoms with van der Waals surface area (Å²) in [6, 6.07) is 9.57. The Balaban J connectivity index is 1.47. The van der Waals surface area contributed by atoms with Crippen LogP contribution < -0.4 is 11.1 Å². The first kappa shape index (κ1) is 17.0. The summed E-state index contributed by atoms with van der Waals surface area (Å²) >= 11 is 0. The van der Waals surface area contributed by atoms with Gasteiger partial charge in [-0.1, -0.05) is 37.3 Å². The van der Waals surface area contributed by atoms with Crippen molar-refractivity contribution in [3.05, 3.63) is 35.9 Å². The number of rotatable bonds is 5. The third kappa shape index (κ3) is 3.96. The molecule has 2 unspecified atom stereocenters. The van der Waals surface area contributed by atoms with Crippen LogP contribution in [-0.4, -0.2) is 35.8 Å². The standard InChI is InChI=1S/C19H27N3O2/c1-13(17(20)14-5-3-2-4-6-14)18(23)21-16-9-11-22(12-10-16)19(24)15-7-8-15/h2-6,13,15-17H,7-12,20H2,1H3,(H,21,23). The fourth-order valence-electron chi connectivity index (χ4n) is 3.29. The van der Waals surface area contributed by atoms with Crippen molar-refractivity contribution in [3.63, 3.8) is 0 Å². The molecule has 0 aromatic heterocycles. The van der Waals surface area contributed by atoms with Gasteiger partial charge in [0.15, 0.2) is 0 Å². The molecule has 130 valence electrons. The van der Waals surface area contributed by atoms with Crippen LogP contribution in [0.1, 0.15) is 44.2 Å². The summed E-state index contributed by atoms with van der Waals surface area (Å²) in [5.74, 6) is 0.302. The molecule has 1 saturated carbocycles. The van der Waals surface area contributed by atoms with Gasteiger partial charge in [0.05, 0.1) is 5.92 Å². The Morgan fingerprint density at radius 1 is 1.12 bits per heavy atom. The van der Waals surface area contributed by atoms with Crippen LogP contribution in [0.25, 0.3) is 0 Å². The minimum absolute atomic E-state index is 0.00155. The van der Waals surface area contributed by atoms with Gasteiger partial charge in [-0.3, -0.25) is 9.59 Å². The molecule has 1 aromatic carbocycles. The Bertz CT molecular complexity index is 578. The SMILES string of the molecule is CC(C(=O)NC1CCN(C(=O)C2CC2)CC1)C(N)c1ccccc1. The van der Waals surface area contributed by atoms with Gasteiger partial charge in [0.25, 0.3) is 0 Å². The first-order valence-electron chi connectivity index (χ1n) is 8.96. The summed E-state index contributed by atoms with van der Waals surface area (Å²) in [6.07, 6.45) is 3.75. The second-order valence-electron chi connectivity index (χ2n) is 7.11. The van der Waals surface area contributed by atoms with E-state index in [1.165, 1.54) is 0 Å². The van der Waals surface area contributed by atoms with Crippen LogP contribution in [0.5, 0.6) is 0 Å². The molecule has 1 aliphatic heterocycles. The van der Waals surface area contributed by atoms with Gasteiger partial charge < -0.3 is 16.0 Å². The number of carbonyl (C=O) groups excluding carboxylic acids is 2. The van der Waals surface area contributed by atoms with Crippen LogP contribution in [0, 0.1) is 11.8 Å². The second-order valence-corrected chi connectivity index (χ2v) is 7.11. The normalized spacial score (nSPS) is 21.2. The predicted molar refractivity (Wildman–Crippen MR) is 93.0 cm³/mol. The quantitative estimate of drug-likeness (QED) is 0.865. The number of benzene rings is 1. The van der Waals surface area contributed by atoms with Crippen molar-refractivity contribution in [1.29, 1.82) is 0 Å². The number of nitrogens with two attached hydrogens (primary N) is 1. The van der Waals surface area contributed by atoms with E-state index in [-0.39, 0.29) is 29.8 Å². The fraction of sp³-hybridized carbons (Fsp3) is 0.579. The van der Waals surface area contributed by atoms with E-state index in [1.54, 1.807) is 0 Å². The number of amides is 2. The highest BCUT2D eigenvalue weighted by atomic mass is 16.2. The molecule has 1 aliphatic carbocycles. The molecule has 1 aromatic rings. The van der Waals surface area contributed by atoms with Crippen molar-refractivity contribution in [3.8, 4) is 0 Å². The van der Waals surface area contributed by atoms with Crippen LogP contribution in [0.4, 0.5) is 0 Å². The maximum atomic E-state index is 12.5. The van der Waals surface area contributed by atoms with Crippen molar-refractivity contribution in [2.75, 3.05) is 13.1 Å². The molecule has 5 heteroatoms. The Morgan fingerprint density at radius 2 is 1.75 bits per heavy atom. The number of likely N-dealkylation sites (tertiary alicyclic amines) is 1.